The summed E-state index contributed by atoms with van der Waals surface area (Å²) in [5.41, 5.74) is 0. The molecule has 0 radical (unpaired) electrons. The van der Waals surface area contributed by atoms with Crippen LogP contribution in [0.1, 0.15) is 32.6 Å². The van der Waals surface area contributed by atoms with Gasteiger partial charge in [0.05, 0.1) is 0 Å². The second-order valence-corrected chi connectivity index (χ2v) is 1.94. The Morgan fingerprint density at radius 2 is 2.12 bits per heavy atom. The summed E-state index contributed by atoms with van der Waals surface area (Å²) >= 11 is 0. The summed E-state index contributed by atoms with van der Waals surface area (Å²) in [4.78, 5) is 3.88. The zero-order chi connectivity index (χ0) is 6.24. The summed E-state index contributed by atoms with van der Waals surface area (Å²) in [5, 5.41) is 0. The molecule has 0 aliphatic heterocycles. The molecule has 0 aromatic heterocycles. The first-order valence-electron chi connectivity index (χ1n) is 3.32. The minimum atomic E-state index is 1.16. The highest BCUT2D eigenvalue weighted by atomic mass is 14.6. The second-order valence-electron chi connectivity index (χ2n) is 1.94. The molecule has 0 bridgehead atoms. The van der Waals surface area contributed by atoms with E-state index < -0.39 is 0 Å². The van der Waals surface area contributed by atoms with Gasteiger partial charge in [0.25, 0.3) is 0 Å². The zero-order valence-corrected chi connectivity index (χ0v) is 5.85. The van der Waals surface area contributed by atoms with Gasteiger partial charge in [-0.1, -0.05) is 19.8 Å². The molecular weight excluding hydrogens is 98.1 g/mol. The number of hydrogen-bond acceptors (Lipinski definition) is 1. The highest BCUT2D eigenvalue weighted by Gasteiger charge is 1.79. The van der Waals surface area contributed by atoms with Gasteiger partial charge in [-0.15, -0.1) is 0 Å². The first kappa shape index (κ1) is 7.67. The van der Waals surface area contributed by atoms with Crippen LogP contribution in [-0.2, 0) is 0 Å². The van der Waals surface area contributed by atoms with Crippen LogP contribution in [0.5, 0.6) is 0 Å². The van der Waals surface area contributed by atoms with Crippen molar-refractivity contribution < 1.29 is 0 Å². The number of rotatable bonds is 4. The number of unbranched alkanes of at least 4 members (excludes halogenated alkanes) is 3. The Morgan fingerprint density at radius 3 is 2.62 bits per heavy atom. The van der Waals surface area contributed by atoms with E-state index >= 15 is 0 Å². The molecule has 0 unspecified atom stereocenters. The van der Waals surface area contributed by atoms with Crippen LogP contribution >= 0.6 is 0 Å². The lowest BCUT2D eigenvalue weighted by Gasteiger charge is -1.88. The molecule has 0 fully saturated rings. The van der Waals surface area contributed by atoms with Crippen LogP contribution in [0.15, 0.2) is 4.99 Å². The maximum Gasteiger partial charge on any atom is 0.0273 e. The molecule has 0 saturated carbocycles. The van der Waals surface area contributed by atoms with Gasteiger partial charge in [0.1, 0.15) is 0 Å². The van der Waals surface area contributed by atoms with Crippen LogP contribution in [0.3, 0.4) is 0 Å². The molecule has 1 heteroatoms. The molecule has 0 atom stereocenters. The Labute approximate surface area is 51.8 Å². The average Bonchev–Trinajstić information content (AvgIpc) is 1.81. The Morgan fingerprint density at radius 1 is 1.38 bits per heavy atom. The summed E-state index contributed by atoms with van der Waals surface area (Å²) in [6, 6.07) is 0. The van der Waals surface area contributed by atoms with Crippen LogP contribution in [0, 0.1) is 0 Å². The van der Waals surface area contributed by atoms with E-state index in [-0.39, 0.29) is 0 Å². The van der Waals surface area contributed by atoms with Crippen LogP contribution in [0.4, 0.5) is 0 Å². The van der Waals surface area contributed by atoms with E-state index in [1.54, 1.807) is 0 Å². The van der Waals surface area contributed by atoms with Gasteiger partial charge in [-0.2, -0.15) is 0 Å². The van der Waals surface area contributed by atoms with Crippen molar-refractivity contribution in [3.05, 3.63) is 0 Å². The highest BCUT2D eigenvalue weighted by Crippen LogP contribution is 1.95. The molecule has 0 N–H and O–H groups in total. The third-order valence-corrected chi connectivity index (χ3v) is 1.12. The molecule has 0 aliphatic carbocycles. The maximum absolute atomic E-state index is 3.88. The fourth-order valence-corrected chi connectivity index (χ4v) is 0.615. The molecule has 0 saturated heterocycles. The lowest BCUT2D eigenvalue weighted by molar-refractivity contribution is 0.746. The first-order chi connectivity index (χ1) is 3.91. The summed E-state index contributed by atoms with van der Waals surface area (Å²) in [5.74, 6) is 0. The standard InChI is InChI=1S/C7H15N/c1-3-4-5-6-7-8-2/h7H,3-6H2,1-2H3. The number of hydrogen-bond donors (Lipinski definition) is 0. The predicted octanol–water partition coefficient (Wildman–Crippen LogP) is 2.27. The molecule has 0 spiro atoms. The fourth-order valence-electron chi connectivity index (χ4n) is 0.615. The quantitative estimate of drug-likeness (QED) is 0.391. The van der Waals surface area contributed by atoms with E-state index in [1.807, 2.05) is 13.3 Å². The van der Waals surface area contributed by atoms with E-state index in [2.05, 4.69) is 11.9 Å². The van der Waals surface area contributed by atoms with Crippen molar-refractivity contribution in [2.45, 2.75) is 32.6 Å². The third kappa shape index (κ3) is 5.67. The van der Waals surface area contributed by atoms with Gasteiger partial charge in [-0.25, -0.2) is 0 Å². The van der Waals surface area contributed by atoms with Crippen molar-refractivity contribution in [3.8, 4) is 0 Å². The average molecular weight is 113 g/mol. The molecule has 0 aromatic rings. The van der Waals surface area contributed by atoms with Crippen molar-refractivity contribution in [1.82, 2.24) is 0 Å². The van der Waals surface area contributed by atoms with Gasteiger partial charge in [-0.3, -0.25) is 0 Å². The van der Waals surface area contributed by atoms with Gasteiger partial charge >= 0.3 is 0 Å². The fraction of sp³-hybridized carbons (Fsp3) is 0.857. The van der Waals surface area contributed by atoms with Crippen molar-refractivity contribution in [3.63, 3.8) is 0 Å². The van der Waals surface area contributed by atoms with Gasteiger partial charge in [0.2, 0.25) is 0 Å². The van der Waals surface area contributed by atoms with Crippen LogP contribution in [-0.4, -0.2) is 13.3 Å². The minimum absolute atomic E-state index is 1.16. The first-order valence-corrected chi connectivity index (χ1v) is 3.32. The lowest BCUT2D eigenvalue weighted by atomic mass is 10.2. The van der Waals surface area contributed by atoms with Gasteiger partial charge in [-0.05, 0) is 19.1 Å². The van der Waals surface area contributed by atoms with Gasteiger partial charge < -0.3 is 4.99 Å². The lowest BCUT2D eigenvalue weighted by Crippen LogP contribution is -1.75. The van der Waals surface area contributed by atoms with Crippen LogP contribution in [0.2, 0.25) is 0 Å². The maximum atomic E-state index is 3.88. The zero-order valence-electron chi connectivity index (χ0n) is 5.85. The monoisotopic (exact) mass is 113 g/mol. The van der Waals surface area contributed by atoms with Crippen LogP contribution in [0.25, 0.3) is 0 Å². The minimum Gasteiger partial charge on any atom is -0.301 e. The molecule has 0 rings (SSSR count). The highest BCUT2D eigenvalue weighted by molar-refractivity contribution is 5.56. The van der Waals surface area contributed by atoms with Crippen LogP contribution < -0.4 is 0 Å². The number of aliphatic imine (C=N–C) groups is 1. The SMILES string of the molecule is CCCCCC=NC. The summed E-state index contributed by atoms with van der Waals surface area (Å²) in [7, 11) is 1.83. The Balaban J connectivity index is 2.72. The Hall–Kier alpha value is -0.330. The smallest absolute Gasteiger partial charge is 0.0273 e. The van der Waals surface area contributed by atoms with E-state index in [9.17, 15) is 0 Å². The normalized spacial score (nSPS) is 10.8. The predicted molar refractivity (Wildman–Crippen MR) is 38.6 cm³/mol. The van der Waals surface area contributed by atoms with E-state index in [4.69, 9.17) is 0 Å². The van der Waals surface area contributed by atoms with E-state index in [0.717, 1.165) is 6.42 Å². The third-order valence-electron chi connectivity index (χ3n) is 1.12. The molecule has 0 amide bonds. The van der Waals surface area contributed by atoms with Crippen molar-refractivity contribution >= 4 is 6.21 Å². The molecule has 1 nitrogen and oxygen atoms in total. The van der Waals surface area contributed by atoms with Gasteiger partial charge in [0.15, 0.2) is 0 Å². The molecule has 0 heterocycles. The van der Waals surface area contributed by atoms with Gasteiger partial charge in [0, 0.05) is 7.05 Å². The number of nitrogens with zero attached hydrogens (tertiary/aromatic N) is 1. The summed E-state index contributed by atoms with van der Waals surface area (Å²) in [6.45, 7) is 2.21. The molecule has 0 aromatic carbocycles. The summed E-state index contributed by atoms with van der Waals surface area (Å²) < 4.78 is 0. The Bertz CT molecular complexity index is 57.4. The van der Waals surface area contributed by atoms with E-state index in [1.165, 1.54) is 19.3 Å². The largest absolute Gasteiger partial charge is 0.301 e. The molecule has 0 aliphatic rings. The second kappa shape index (κ2) is 6.67. The Kier molecular flexibility index (Phi) is 6.39. The van der Waals surface area contributed by atoms with E-state index in [0.29, 0.717) is 0 Å². The molecule has 8 heavy (non-hydrogen) atoms. The van der Waals surface area contributed by atoms with Crippen molar-refractivity contribution in [2.75, 3.05) is 7.05 Å². The van der Waals surface area contributed by atoms with Crippen molar-refractivity contribution in [2.24, 2.45) is 4.99 Å². The molecule has 48 valence electrons. The topological polar surface area (TPSA) is 12.4 Å². The van der Waals surface area contributed by atoms with Crippen molar-refractivity contribution in [1.29, 1.82) is 0 Å². The summed E-state index contributed by atoms with van der Waals surface area (Å²) in [6.07, 6.45) is 7.08. The molecular formula is C7H15N.